The monoisotopic (exact) mass is 197 g/mol. The molecule has 14 heavy (non-hydrogen) atoms. The van der Waals surface area contributed by atoms with Gasteiger partial charge in [0.15, 0.2) is 0 Å². The van der Waals surface area contributed by atoms with E-state index in [1.54, 1.807) is 0 Å². The highest BCUT2D eigenvalue weighted by Crippen LogP contribution is 2.18. The molecule has 3 N–H and O–H groups in total. The van der Waals surface area contributed by atoms with Gasteiger partial charge in [-0.1, -0.05) is 0 Å². The maximum absolute atomic E-state index is 11.3. The summed E-state index contributed by atoms with van der Waals surface area (Å²) in [5.74, 6) is 0.619. The van der Waals surface area contributed by atoms with Crippen LogP contribution in [0.1, 0.15) is 25.7 Å². The number of hydrogen-bond acceptors (Lipinski definition) is 2. The SMILES string of the molecule is O=C(NCC1CCCNC1)NC1CC1. The first-order valence-electron chi connectivity index (χ1n) is 5.59. The second kappa shape index (κ2) is 4.64. The Hall–Kier alpha value is -0.770. The highest BCUT2D eigenvalue weighted by Gasteiger charge is 2.23. The van der Waals surface area contributed by atoms with Crippen molar-refractivity contribution in [2.24, 2.45) is 5.92 Å². The zero-order chi connectivity index (χ0) is 9.80. The van der Waals surface area contributed by atoms with Crippen molar-refractivity contribution in [3.05, 3.63) is 0 Å². The number of rotatable bonds is 3. The number of carbonyl (C=O) groups excluding carboxylic acids is 1. The summed E-state index contributed by atoms with van der Waals surface area (Å²) in [6, 6.07) is 0.470. The summed E-state index contributed by atoms with van der Waals surface area (Å²) in [6.07, 6.45) is 4.77. The summed E-state index contributed by atoms with van der Waals surface area (Å²) in [5, 5.41) is 9.20. The molecule has 1 aliphatic heterocycles. The van der Waals surface area contributed by atoms with Crippen LogP contribution >= 0.6 is 0 Å². The molecule has 4 heteroatoms. The topological polar surface area (TPSA) is 53.2 Å². The van der Waals surface area contributed by atoms with Crippen LogP contribution in [0.25, 0.3) is 0 Å². The zero-order valence-electron chi connectivity index (χ0n) is 8.51. The van der Waals surface area contributed by atoms with E-state index in [4.69, 9.17) is 0 Å². The molecule has 1 atom stereocenters. The molecule has 1 aliphatic carbocycles. The van der Waals surface area contributed by atoms with E-state index in [9.17, 15) is 4.79 Å². The van der Waals surface area contributed by atoms with E-state index in [0.717, 1.165) is 32.5 Å². The molecule has 0 aromatic heterocycles. The zero-order valence-corrected chi connectivity index (χ0v) is 8.51. The first-order valence-corrected chi connectivity index (χ1v) is 5.59. The van der Waals surface area contributed by atoms with Gasteiger partial charge in [-0.25, -0.2) is 4.79 Å². The average molecular weight is 197 g/mol. The van der Waals surface area contributed by atoms with Gasteiger partial charge >= 0.3 is 6.03 Å². The lowest BCUT2D eigenvalue weighted by atomic mass is 10.00. The summed E-state index contributed by atoms with van der Waals surface area (Å²) in [4.78, 5) is 11.3. The number of hydrogen-bond donors (Lipinski definition) is 3. The Bertz CT molecular complexity index is 198. The van der Waals surface area contributed by atoms with Gasteiger partial charge in [0, 0.05) is 12.6 Å². The average Bonchev–Trinajstić information content (AvgIpc) is 3.00. The van der Waals surface area contributed by atoms with Crippen molar-refractivity contribution in [1.29, 1.82) is 0 Å². The van der Waals surface area contributed by atoms with E-state index in [1.807, 2.05) is 0 Å². The predicted molar refractivity (Wildman–Crippen MR) is 55.2 cm³/mol. The summed E-state index contributed by atoms with van der Waals surface area (Å²) in [6.45, 7) is 2.99. The molecular formula is C10H19N3O. The van der Waals surface area contributed by atoms with Crippen LogP contribution in [0.3, 0.4) is 0 Å². The van der Waals surface area contributed by atoms with Crippen LogP contribution in [0.5, 0.6) is 0 Å². The minimum Gasteiger partial charge on any atom is -0.338 e. The lowest BCUT2D eigenvalue weighted by Crippen LogP contribution is -2.42. The maximum atomic E-state index is 11.3. The highest BCUT2D eigenvalue weighted by atomic mass is 16.2. The van der Waals surface area contributed by atoms with Gasteiger partial charge in [-0.2, -0.15) is 0 Å². The van der Waals surface area contributed by atoms with Crippen LogP contribution in [0, 0.1) is 5.92 Å². The molecule has 0 aromatic rings. The largest absolute Gasteiger partial charge is 0.338 e. The highest BCUT2D eigenvalue weighted by molar-refractivity contribution is 5.74. The summed E-state index contributed by atoms with van der Waals surface area (Å²) in [5.41, 5.74) is 0. The number of piperidine rings is 1. The molecule has 0 radical (unpaired) electrons. The standard InChI is InChI=1S/C10H19N3O/c14-10(13-9-3-4-9)12-7-8-2-1-5-11-6-8/h8-9,11H,1-7H2,(H2,12,13,14). The fraction of sp³-hybridized carbons (Fsp3) is 0.900. The Labute approximate surface area is 84.8 Å². The lowest BCUT2D eigenvalue weighted by Gasteiger charge is -2.22. The number of nitrogens with one attached hydrogen (secondary N) is 3. The van der Waals surface area contributed by atoms with Gasteiger partial charge in [0.25, 0.3) is 0 Å². The van der Waals surface area contributed by atoms with Crippen LogP contribution in [-0.4, -0.2) is 31.7 Å². The van der Waals surface area contributed by atoms with Crippen molar-refractivity contribution < 1.29 is 4.79 Å². The van der Waals surface area contributed by atoms with Gasteiger partial charge in [0.1, 0.15) is 0 Å². The molecule has 80 valence electrons. The molecule has 0 bridgehead atoms. The molecular weight excluding hydrogens is 178 g/mol. The smallest absolute Gasteiger partial charge is 0.315 e. The van der Waals surface area contributed by atoms with Gasteiger partial charge < -0.3 is 16.0 Å². The number of carbonyl (C=O) groups is 1. The van der Waals surface area contributed by atoms with Gasteiger partial charge in [0.2, 0.25) is 0 Å². The Morgan fingerprint density at radius 2 is 2.21 bits per heavy atom. The van der Waals surface area contributed by atoms with Crippen molar-refractivity contribution in [1.82, 2.24) is 16.0 Å². The van der Waals surface area contributed by atoms with Crippen LogP contribution < -0.4 is 16.0 Å². The summed E-state index contributed by atoms with van der Waals surface area (Å²) in [7, 11) is 0. The van der Waals surface area contributed by atoms with E-state index in [2.05, 4.69) is 16.0 Å². The van der Waals surface area contributed by atoms with Crippen LogP contribution in [0.4, 0.5) is 4.79 Å². The van der Waals surface area contributed by atoms with E-state index >= 15 is 0 Å². The first-order chi connectivity index (χ1) is 6.84. The minimum absolute atomic E-state index is 0.0121. The molecule has 1 saturated carbocycles. The van der Waals surface area contributed by atoms with Crippen molar-refractivity contribution in [3.8, 4) is 0 Å². The van der Waals surface area contributed by atoms with Crippen LogP contribution in [0.2, 0.25) is 0 Å². The number of amides is 2. The van der Waals surface area contributed by atoms with E-state index in [-0.39, 0.29) is 6.03 Å². The Morgan fingerprint density at radius 1 is 1.36 bits per heavy atom. The Balaban J connectivity index is 1.57. The Kier molecular flexibility index (Phi) is 3.24. The minimum atomic E-state index is 0.0121. The second-order valence-corrected chi connectivity index (χ2v) is 4.34. The molecule has 1 unspecified atom stereocenters. The third-order valence-corrected chi connectivity index (χ3v) is 2.86. The van der Waals surface area contributed by atoms with Crippen molar-refractivity contribution in [2.45, 2.75) is 31.7 Å². The molecule has 0 spiro atoms. The molecule has 0 aromatic carbocycles. The molecule has 2 amide bonds. The van der Waals surface area contributed by atoms with E-state index < -0.39 is 0 Å². The molecule has 2 fully saturated rings. The van der Waals surface area contributed by atoms with Crippen LogP contribution in [-0.2, 0) is 0 Å². The lowest BCUT2D eigenvalue weighted by molar-refractivity contribution is 0.236. The molecule has 2 rings (SSSR count). The van der Waals surface area contributed by atoms with Crippen molar-refractivity contribution in [3.63, 3.8) is 0 Å². The number of urea groups is 1. The fourth-order valence-electron chi connectivity index (χ4n) is 1.80. The fourth-order valence-corrected chi connectivity index (χ4v) is 1.80. The summed E-state index contributed by atoms with van der Waals surface area (Å²) >= 11 is 0. The van der Waals surface area contributed by atoms with Crippen molar-refractivity contribution >= 4 is 6.03 Å². The molecule has 4 nitrogen and oxygen atoms in total. The Morgan fingerprint density at radius 3 is 2.86 bits per heavy atom. The van der Waals surface area contributed by atoms with Gasteiger partial charge in [0.05, 0.1) is 0 Å². The third-order valence-electron chi connectivity index (χ3n) is 2.86. The maximum Gasteiger partial charge on any atom is 0.315 e. The third kappa shape index (κ3) is 3.18. The molecule has 1 saturated heterocycles. The van der Waals surface area contributed by atoms with Gasteiger partial charge in [-0.05, 0) is 44.7 Å². The van der Waals surface area contributed by atoms with Gasteiger partial charge in [-0.15, -0.1) is 0 Å². The first kappa shape index (κ1) is 9.77. The molecule has 1 heterocycles. The second-order valence-electron chi connectivity index (χ2n) is 4.34. The van der Waals surface area contributed by atoms with E-state index in [0.29, 0.717) is 12.0 Å². The molecule has 2 aliphatic rings. The van der Waals surface area contributed by atoms with Crippen LogP contribution in [0.15, 0.2) is 0 Å². The van der Waals surface area contributed by atoms with Crippen molar-refractivity contribution in [2.75, 3.05) is 19.6 Å². The normalized spacial score (nSPS) is 27.0. The van der Waals surface area contributed by atoms with Gasteiger partial charge in [-0.3, -0.25) is 0 Å². The quantitative estimate of drug-likeness (QED) is 0.615. The summed E-state index contributed by atoms with van der Waals surface area (Å²) < 4.78 is 0. The van der Waals surface area contributed by atoms with E-state index in [1.165, 1.54) is 12.8 Å². The predicted octanol–water partition coefficient (Wildman–Crippen LogP) is 0.448.